The van der Waals surface area contributed by atoms with Crippen molar-refractivity contribution in [1.29, 1.82) is 0 Å². The predicted molar refractivity (Wildman–Crippen MR) is 245 cm³/mol. The summed E-state index contributed by atoms with van der Waals surface area (Å²) in [4.78, 5) is 2.40. The van der Waals surface area contributed by atoms with Gasteiger partial charge in [-0.25, -0.2) is 0 Å². The van der Waals surface area contributed by atoms with Gasteiger partial charge in [0.1, 0.15) is 0 Å². The molecule has 2 heteroatoms. The van der Waals surface area contributed by atoms with Crippen LogP contribution in [0, 0.1) is 0 Å². The second kappa shape index (κ2) is 13.2. The van der Waals surface area contributed by atoms with Crippen molar-refractivity contribution in [1.82, 2.24) is 0 Å². The first kappa shape index (κ1) is 33.6. The minimum atomic E-state index is -0.0352. The summed E-state index contributed by atoms with van der Waals surface area (Å²) in [5.74, 6) is 0. The molecular weight excluding hydrogens is 707 g/mol. The van der Waals surface area contributed by atoms with Crippen molar-refractivity contribution in [3.8, 4) is 44.5 Å². The van der Waals surface area contributed by atoms with Gasteiger partial charge < -0.3 is 4.90 Å². The van der Waals surface area contributed by atoms with E-state index < -0.39 is 0 Å². The van der Waals surface area contributed by atoms with E-state index in [1.807, 2.05) is 11.3 Å². The van der Waals surface area contributed by atoms with Crippen LogP contribution in [0.2, 0.25) is 0 Å². The Morgan fingerprint density at radius 1 is 0.351 bits per heavy atom. The minimum Gasteiger partial charge on any atom is -0.310 e. The molecule has 0 radical (unpaired) electrons. The van der Waals surface area contributed by atoms with Gasteiger partial charge in [0.05, 0.1) is 0 Å². The van der Waals surface area contributed by atoms with Crippen molar-refractivity contribution < 1.29 is 0 Å². The maximum atomic E-state index is 2.41. The minimum absolute atomic E-state index is 0.0352. The Labute approximate surface area is 337 Å². The quantitative estimate of drug-likeness (QED) is 0.164. The summed E-state index contributed by atoms with van der Waals surface area (Å²) in [5.41, 5.74) is 16.2. The van der Waals surface area contributed by atoms with Crippen LogP contribution in [0.1, 0.15) is 25.0 Å². The van der Waals surface area contributed by atoms with Crippen LogP contribution in [0.15, 0.2) is 200 Å². The molecule has 1 aliphatic rings. The highest BCUT2D eigenvalue weighted by Gasteiger charge is 2.35. The van der Waals surface area contributed by atoms with Crippen LogP contribution < -0.4 is 4.90 Å². The molecule has 270 valence electrons. The second-order valence-corrected chi connectivity index (χ2v) is 16.8. The summed E-state index contributed by atoms with van der Waals surface area (Å²) in [7, 11) is 0. The van der Waals surface area contributed by atoms with Crippen LogP contribution in [0.25, 0.3) is 75.5 Å². The molecular formula is C55H39NS. The van der Waals surface area contributed by atoms with Crippen LogP contribution in [-0.2, 0) is 5.41 Å². The normalized spacial score (nSPS) is 12.9. The molecule has 0 fully saturated rings. The Kier molecular flexibility index (Phi) is 7.77. The zero-order valence-electron chi connectivity index (χ0n) is 31.9. The Balaban J connectivity index is 0.979. The smallest absolute Gasteiger partial charge is 0.0468 e. The maximum absolute atomic E-state index is 2.41. The highest BCUT2D eigenvalue weighted by molar-refractivity contribution is 7.25. The number of rotatable bonds is 6. The highest BCUT2D eigenvalue weighted by Crippen LogP contribution is 2.50. The Morgan fingerprint density at radius 2 is 0.912 bits per heavy atom. The van der Waals surface area contributed by atoms with E-state index in [1.165, 1.54) is 86.6 Å². The third-order valence-electron chi connectivity index (χ3n) is 12.1. The molecule has 1 heterocycles. The van der Waals surface area contributed by atoms with Crippen LogP contribution in [0.4, 0.5) is 17.1 Å². The molecule has 11 rings (SSSR count). The zero-order valence-corrected chi connectivity index (χ0v) is 32.7. The summed E-state index contributed by atoms with van der Waals surface area (Å²) in [5, 5.41) is 5.12. The van der Waals surface area contributed by atoms with E-state index in [0.717, 1.165) is 17.1 Å². The summed E-state index contributed by atoms with van der Waals surface area (Å²) in [6.07, 6.45) is 0. The first-order chi connectivity index (χ1) is 28.0. The molecule has 0 unspecified atom stereocenters. The number of thiophene rings is 1. The molecule has 0 saturated heterocycles. The van der Waals surface area contributed by atoms with Gasteiger partial charge in [0.15, 0.2) is 0 Å². The van der Waals surface area contributed by atoms with Gasteiger partial charge in [-0.05, 0) is 127 Å². The lowest BCUT2D eigenvalue weighted by atomic mass is 9.81. The fourth-order valence-corrected chi connectivity index (χ4v) is 10.2. The van der Waals surface area contributed by atoms with E-state index >= 15 is 0 Å². The van der Waals surface area contributed by atoms with Gasteiger partial charge in [0.2, 0.25) is 0 Å². The Bertz CT molecular complexity index is 3140. The van der Waals surface area contributed by atoms with Crippen LogP contribution in [0.5, 0.6) is 0 Å². The molecule has 0 atom stereocenters. The fraction of sp³-hybridized carbons (Fsp3) is 0.0545. The van der Waals surface area contributed by atoms with E-state index in [2.05, 4.69) is 219 Å². The van der Waals surface area contributed by atoms with E-state index in [-0.39, 0.29) is 5.41 Å². The lowest BCUT2D eigenvalue weighted by Gasteiger charge is -2.26. The van der Waals surface area contributed by atoms with Crippen molar-refractivity contribution in [2.24, 2.45) is 0 Å². The largest absolute Gasteiger partial charge is 0.310 e. The number of hydrogen-bond donors (Lipinski definition) is 0. The number of fused-ring (bicyclic) bond motifs is 7. The molecule has 1 nitrogen and oxygen atoms in total. The first-order valence-corrected chi connectivity index (χ1v) is 20.6. The summed E-state index contributed by atoms with van der Waals surface area (Å²) >= 11 is 1.86. The molecule has 57 heavy (non-hydrogen) atoms. The van der Waals surface area contributed by atoms with Gasteiger partial charge in [-0.15, -0.1) is 11.3 Å². The van der Waals surface area contributed by atoms with Crippen molar-refractivity contribution >= 4 is 59.3 Å². The van der Waals surface area contributed by atoms with Crippen LogP contribution in [-0.4, -0.2) is 0 Å². The van der Waals surface area contributed by atoms with Crippen molar-refractivity contribution in [3.05, 3.63) is 211 Å². The molecule has 0 aliphatic heterocycles. The highest BCUT2D eigenvalue weighted by atomic mass is 32.1. The third kappa shape index (κ3) is 5.59. The van der Waals surface area contributed by atoms with Crippen molar-refractivity contribution in [2.45, 2.75) is 19.3 Å². The number of hydrogen-bond acceptors (Lipinski definition) is 2. The molecule has 1 aromatic heterocycles. The topological polar surface area (TPSA) is 3.24 Å². The Morgan fingerprint density at radius 3 is 1.72 bits per heavy atom. The molecule has 0 bridgehead atoms. The molecule has 10 aromatic rings. The lowest BCUT2D eigenvalue weighted by Crippen LogP contribution is -2.14. The molecule has 1 aliphatic carbocycles. The first-order valence-electron chi connectivity index (χ1n) is 19.7. The summed E-state index contributed by atoms with van der Waals surface area (Å²) < 4.78 is 2.62. The molecule has 0 N–H and O–H groups in total. The zero-order chi connectivity index (χ0) is 38.1. The molecule has 9 aromatic carbocycles. The number of anilines is 3. The second-order valence-electron chi connectivity index (χ2n) is 15.7. The van der Waals surface area contributed by atoms with Gasteiger partial charge in [-0.1, -0.05) is 153 Å². The van der Waals surface area contributed by atoms with Crippen molar-refractivity contribution in [2.75, 3.05) is 4.90 Å². The number of nitrogens with zero attached hydrogens (tertiary/aromatic N) is 1. The van der Waals surface area contributed by atoms with E-state index in [4.69, 9.17) is 0 Å². The Hall–Kier alpha value is -6.74. The number of benzene rings is 9. The van der Waals surface area contributed by atoms with Gasteiger partial charge in [0.25, 0.3) is 0 Å². The SMILES string of the molecule is CC1(C)c2ccccc2-c2ccc(-c3ccc(N(c4ccc(-c5cccc(-c6cccc7ccccc67)c5)cc4)c4ccc5sc6ccccc6c5c4)cc3)cc21. The van der Waals surface area contributed by atoms with Crippen molar-refractivity contribution in [3.63, 3.8) is 0 Å². The van der Waals surface area contributed by atoms with Crippen LogP contribution in [0.3, 0.4) is 0 Å². The van der Waals surface area contributed by atoms with Gasteiger partial charge >= 0.3 is 0 Å². The van der Waals surface area contributed by atoms with Gasteiger partial charge in [-0.3, -0.25) is 0 Å². The molecule has 0 spiro atoms. The predicted octanol–water partition coefficient (Wildman–Crippen LogP) is 16.0. The summed E-state index contributed by atoms with van der Waals surface area (Å²) in [6.45, 7) is 4.70. The van der Waals surface area contributed by atoms with Gasteiger partial charge in [-0.2, -0.15) is 0 Å². The lowest BCUT2D eigenvalue weighted by molar-refractivity contribution is 0.660. The molecule has 0 saturated carbocycles. The standard InChI is InChI=1S/C55H39NS/c1-55(2)51-19-7-5-16-47(51)48-31-25-40(34-52(48)55)37-23-28-43(29-24-37)56(44-30-32-54-50(35-44)49-17-6-8-20-53(49)57-54)42-26-21-36(22-27-42)39-13-9-14-41(33-39)46-18-10-12-38-11-3-4-15-45(38)46/h3-35H,1-2H3. The fourth-order valence-electron chi connectivity index (χ4n) is 9.13. The monoisotopic (exact) mass is 745 g/mol. The van der Waals surface area contributed by atoms with E-state index in [0.29, 0.717) is 0 Å². The average Bonchev–Trinajstić information content (AvgIpc) is 3.75. The average molecular weight is 746 g/mol. The van der Waals surface area contributed by atoms with Crippen LogP contribution >= 0.6 is 11.3 Å². The molecule has 0 amide bonds. The maximum Gasteiger partial charge on any atom is 0.0468 e. The van der Waals surface area contributed by atoms with Gasteiger partial charge in [0, 0.05) is 42.6 Å². The van der Waals surface area contributed by atoms with E-state index in [9.17, 15) is 0 Å². The summed E-state index contributed by atoms with van der Waals surface area (Å²) in [6, 6.07) is 73.9. The third-order valence-corrected chi connectivity index (χ3v) is 13.2. The van der Waals surface area contributed by atoms with E-state index in [1.54, 1.807) is 0 Å².